The van der Waals surface area contributed by atoms with Crippen molar-refractivity contribution in [2.24, 2.45) is 9.98 Å². The maximum atomic E-state index is 4.73. The summed E-state index contributed by atoms with van der Waals surface area (Å²) in [6.45, 7) is 0. The molecule has 2 aromatic rings. The van der Waals surface area contributed by atoms with Crippen molar-refractivity contribution < 1.29 is 0 Å². The van der Waals surface area contributed by atoms with Crippen LogP contribution in [-0.4, -0.2) is 34.5 Å². The third kappa shape index (κ3) is 3.26. The molecule has 1 fully saturated rings. The van der Waals surface area contributed by atoms with Crippen molar-refractivity contribution in [2.45, 2.75) is 37.8 Å². The number of aromatic amines is 2. The van der Waals surface area contributed by atoms with Gasteiger partial charge in [0.1, 0.15) is 0 Å². The average molecular weight is 268 g/mol. The fourth-order valence-electron chi connectivity index (χ4n) is 2.64. The van der Waals surface area contributed by atoms with Crippen molar-refractivity contribution >= 4 is 12.4 Å². The van der Waals surface area contributed by atoms with Crippen LogP contribution in [0.4, 0.5) is 0 Å². The summed E-state index contributed by atoms with van der Waals surface area (Å²) >= 11 is 0. The van der Waals surface area contributed by atoms with Crippen LogP contribution in [0.3, 0.4) is 0 Å². The molecule has 4 heteroatoms. The molecule has 2 atom stereocenters. The van der Waals surface area contributed by atoms with Crippen molar-refractivity contribution in [2.75, 3.05) is 0 Å². The van der Waals surface area contributed by atoms with Crippen LogP contribution in [0.1, 0.15) is 37.1 Å². The second-order valence-corrected chi connectivity index (χ2v) is 5.23. The maximum Gasteiger partial charge on any atom is 0.0723 e. The number of hydrogen-bond acceptors (Lipinski definition) is 2. The minimum Gasteiger partial charge on any atom is -0.360 e. The van der Waals surface area contributed by atoms with Gasteiger partial charge in [0.05, 0.1) is 23.5 Å². The Bertz CT molecular complexity index is 499. The molecule has 1 aliphatic rings. The molecule has 0 radical (unpaired) electrons. The maximum absolute atomic E-state index is 4.73. The van der Waals surface area contributed by atoms with E-state index in [0.29, 0.717) is 12.1 Å². The number of aliphatic imine (C=N–C) groups is 2. The molecule has 1 saturated carbocycles. The van der Waals surface area contributed by atoms with Crippen molar-refractivity contribution in [1.29, 1.82) is 0 Å². The van der Waals surface area contributed by atoms with Crippen LogP contribution < -0.4 is 0 Å². The Hall–Kier alpha value is -2.10. The normalized spacial score (nSPS) is 23.8. The first-order chi connectivity index (χ1) is 9.92. The molecule has 0 amide bonds. The first-order valence-electron chi connectivity index (χ1n) is 7.25. The Labute approximate surface area is 119 Å². The SMILES string of the molecule is C(=NC1CCCCC1N=Cc1ccc[nH]1)c1ccc[nH]1. The molecule has 0 saturated heterocycles. The van der Waals surface area contributed by atoms with Crippen molar-refractivity contribution in [3.63, 3.8) is 0 Å². The van der Waals surface area contributed by atoms with Crippen LogP contribution in [0.15, 0.2) is 46.6 Å². The molecule has 4 nitrogen and oxygen atoms in total. The summed E-state index contributed by atoms with van der Waals surface area (Å²) in [5.41, 5.74) is 2.12. The predicted octanol–water partition coefficient (Wildman–Crippen LogP) is 3.19. The van der Waals surface area contributed by atoms with E-state index in [1.165, 1.54) is 12.8 Å². The second-order valence-electron chi connectivity index (χ2n) is 5.23. The van der Waals surface area contributed by atoms with E-state index in [0.717, 1.165) is 24.2 Å². The fraction of sp³-hybridized carbons (Fsp3) is 0.375. The highest BCUT2D eigenvalue weighted by atomic mass is 14.9. The van der Waals surface area contributed by atoms with E-state index >= 15 is 0 Å². The first kappa shape index (κ1) is 12.9. The van der Waals surface area contributed by atoms with Crippen LogP contribution >= 0.6 is 0 Å². The van der Waals surface area contributed by atoms with Crippen molar-refractivity contribution in [3.05, 3.63) is 48.0 Å². The minimum atomic E-state index is 0.304. The van der Waals surface area contributed by atoms with Crippen LogP contribution in [0.25, 0.3) is 0 Å². The van der Waals surface area contributed by atoms with Crippen molar-refractivity contribution in [1.82, 2.24) is 9.97 Å². The van der Waals surface area contributed by atoms with E-state index in [9.17, 15) is 0 Å². The van der Waals surface area contributed by atoms with Crippen LogP contribution in [0.2, 0.25) is 0 Å². The van der Waals surface area contributed by atoms with Gasteiger partial charge in [-0.3, -0.25) is 9.98 Å². The molecule has 0 bridgehead atoms. The van der Waals surface area contributed by atoms with E-state index in [2.05, 4.69) is 9.97 Å². The molecule has 0 aliphatic heterocycles. The Morgan fingerprint density at radius 2 is 1.35 bits per heavy atom. The summed E-state index contributed by atoms with van der Waals surface area (Å²) in [6.07, 6.45) is 12.5. The zero-order valence-electron chi connectivity index (χ0n) is 11.5. The molecule has 2 aromatic heterocycles. The van der Waals surface area contributed by atoms with Gasteiger partial charge in [0.2, 0.25) is 0 Å². The highest BCUT2D eigenvalue weighted by Gasteiger charge is 2.23. The van der Waals surface area contributed by atoms with Gasteiger partial charge in [0.15, 0.2) is 0 Å². The van der Waals surface area contributed by atoms with E-state index in [-0.39, 0.29) is 0 Å². The van der Waals surface area contributed by atoms with Gasteiger partial charge in [-0.2, -0.15) is 0 Å². The number of hydrogen-bond donors (Lipinski definition) is 2. The van der Waals surface area contributed by atoms with Gasteiger partial charge in [-0.1, -0.05) is 12.8 Å². The Morgan fingerprint density at radius 3 is 1.75 bits per heavy atom. The van der Waals surface area contributed by atoms with Crippen LogP contribution in [0.5, 0.6) is 0 Å². The largest absolute Gasteiger partial charge is 0.360 e. The zero-order chi connectivity index (χ0) is 13.6. The second kappa shape index (κ2) is 6.37. The topological polar surface area (TPSA) is 56.3 Å². The third-order valence-electron chi connectivity index (χ3n) is 3.75. The van der Waals surface area contributed by atoms with Gasteiger partial charge in [0, 0.05) is 24.8 Å². The molecule has 0 aromatic carbocycles. The van der Waals surface area contributed by atoms with Crippen LogP contribution in [0, 0.1) is 0 Å². The summed E-state index contributed by atoms with van der Waals surface area (Å²) < 4.78 is 0. The molecular formula is C16H20N4. The lowest BCUT2D eigenvalue weighted by Crippen LogP contribution is -2.27. The smallest absolute Gasteiger partial charge is 0.0723 e. The third-order valence-corrected chi connectivity index (χ3v) is 3.75. The molecule has 3 rings (SSSR count). The Morgan fingerprint density at radius 1 is 0.850 bits per heavy atom. The Balaban J connectivity index is 1.67. The molecule has 1 aliphatic carbocycles. The summed E-state index contributed by atoms with van der Waals surface area (Å²) in [4.78, 5) is 15.8. The minimum absolute atomic E-state index is 0.304. The molecule has 2 heterocycles. The van der Waals surface area contributed by atoms with Gasteiger partial charge in [-0.05, 0) is 37.1 Å². The highest BCUT2D eigenvalue weighted by molar-refractivity contribution is 5.78. The summed E-state index contributed by atoms with van der Waals surface area (Å²) in [7, 11) is 0. The number of rotatable bonds is 4. The molecule has 2 N–H and O–H groups in total. The molecule has 20 heavy (non-hydrogen) atoms. The first-order valence-corrected chi connectivity index (χ1v) is 7.25. The van der Waals surface area contributed by atoms with Gasteiger partial charge in [-0.25, -0.2) is 0 Å². The average Bonchev–Trinajstić information content (AvgIpc) is 3.17. The van der Waals surface area contributed by atoms with Gasteiger partial charge < -0.3 is 9.97 Å². The van der Waals surface area contributed by atoms with E-state index in [1.54, 1.807) is 0 Å². The number of nitrogens with one attached hydrogen (secondary N) is 2. The molecule has 104 valence electrons. The van der Waals surface area contributed by atoms with E-state index in [1.807, 2.05) is 49.1 Å². The van der Waals surface area contributed by atoms with Crippen LogP contribution in [-0.2, 0) is 0 Å². The Kier molecular flexibility index (Phi) is 4.11. The quantitative estimate of drug-likeness (QED) is 0.800. The molecular weight excluding hydrogens is 248 g/mol. The zero-order valence-corrected chi connectivity index (χ0v) is 11.5. The summed E-state index contributed by atoms with van der Waals surface area (Å²) in [6, 6.07) is 8.65. The van der Waals surface area contributed by atoms with Gasteiger partial charge in [-0.15, -0.1) is 0 Å². The standard InChI is InChI=1S/C16H20N4/c1-2-8-16(20-12-14-6-4-10-18-14)15(7-1)19-11-13-5-3-9-17-13/h3-6,9-12,15-18H,1-2,7-8H2. The lowest BCUT2D eigenvalue weighted by Gasteiger charge is -2.25. The van der Waals surface area contributed by atoms with Crippen molar-refractivity contribution in [3.8, 4) is 0 Å². The lowest BCUT2D eigenvalue weighted by atomic mass is 9.91. The van der Waals surface area contributed by atoms with E-state index in [4.69, 9.17) is 9.98 Å². The fourth-order valence-corrected chi connectivity index (χ4v) is 2.64. The monoisotopic (exact) mass is 268 g/mol. The molecule has 2 unspecified atom stereocenters. The van der Waals surface area contributed by atoms with Gasteiger partial charge in [0.25, 0.3) is 0 Å². The van der Waals surface area contributed by atoms with Gasteiger partial charge >= 0.3 is 0 Å². The summed E-state index contributed by atoms with van der Waals surface area (Å²) in [5, 5.41) is 0. The lowest BCUT2D eigenvalue weighted by molar-refractivity contribution is 0.390. The highest BCUT2D eigenvalue weighted by Crippen LogP contribution is 2.23. The van der Waals surface area contributed by atoms with E-state index < -0.39 is 0 Å². The number of aromatic nitrogens is 2. The number of nitrogens with zero attached hydrogens (tertiary/aromatic N) is 2. The number of H-pyrrole nitrogens is 2. The molecule has 0 spiro atoms. The predicted molar refractivity (Wildman–Crippen MR) is 82.8 cm³/mol. The summed E-state index contributed by atoms with van der Waals surface area (Å²) in [5.74, 6) is 0.